The summed E-state index contributed by atoms with van der Waals surface area (Å²) in [7, 11) is 0. The Kier molecular flexibility index (Phi) is 4.58. The molecular formula is C12H24N2O. The predicted molar refractivity (Wildman–Crippen MR) is 62.8 cm³/mol. The molecule has 2 unspecified atom stereocenters. The molecule has 1 rings (SSSR count). The van der Waals surface area contributed by atoms with Crippen molar-refractivity contribution in [2.75, 3.05) is 19.6 Å². The molecule has 0 bridgehead atoms. The Hall–Kier alpha value is -0.570. The van der Waals surface area contributed by atoms with Crippen LogP contribution in [0.4, 0.5) is 0 Å². The SMILES string of the molecule is CCCN1C(C)CN(C(=O)CC)CC1C. The molecule has 2 atom stereocenters. The summed E-state index contributed by atoms with van der Waals surface area (Å²) in [6, 6.07) is 1.01. The van der Waals surface area contributed by atoms with E-state index in [1.54, 1.807) is 0 Å². The molecule has 0 N–H and O–H groups in total. The summed E-state index contributed by atoms with van der Waals surface area (Å²) in [5, 5.41) is 0. The van der Waals surface area contributed by atoms with E-state index in [0.717, 1.165) is 19.6 Å². The molecule has 0 saturated carbocycles. The third kappa shape index (κ3) is 2.94. The molecule has 88 valence electrons. The van der Waals surface area contributed by atoms with E-state index in [2.05, 4.69) is 25.7 Å². The van der Waals surface area contributed by atoms with E-state index in [-0.39, 0.29) is 0 Å². The highest BCUT2D eigenvalue weighted by atomic mass is 16.2. The second-order valence-corrected chi connectivity index (χ2v) is 4.59. The topological polar surface area (TPSA) is 23.6 Å². The van der Waals surface area contributed by atoms with Crippen LogP contribution in [-0.4, -0.2) is 47.4 Å². The van der Waals surface area contributed by atoms with E-state index < -0.39 is 0 Å². The van der Waals surface area contributed by atoms with Gasteiger partial charge in [-0.3, -0.25) is 9.69 Å². The van der Waals surface area contributed by atoms with Crippen molar-refractivity contribution in [3.05, 3.63) is 0 Å². The smallest absolute Gasteiger partial charge is 0.222 e. The van der Waals surface area contributed by atoms with E-state index in [9.17, 15) is 4.79 Å². The van der Waals surface area contributed by atoms with Crippen molar-refractivity contribution in [3.63, 3.8) is 0 Å². The molecule has 3 nitrogen and oxygen atoms in total. The van der Waals surface area contributed by atoms with Gasteiger partial charge < -0.3 is 4.90 Å². The fourth-order valence-electron chi connectivity index (χ4n) is 2.48. The van der Waals surface area contributed by atoms with Gasteiger partial charge in [-0.25, -0.2) is 0 Å². The van der Waals surface area contributed by atoms with Crippen LogP contribution < -0.4 is 0 Å². The lowest BCUT2D eigenvalue weighted by molar-refractivity contribution is -0.135. The Bertz CT molecular complexity index is 206. The van der Waals surface area contributed by atoms with Crippen molar-refractivity contribution < 1.29 is 4.79 Å². The first-order chi connectivity index (χ1) is 7.10. The van der Waals surface area contributed by atoms with Gasteiger partial charge in [0, 0.05) is 31.6 Å². The lowest BCUT2D eigenvalue weighted by Gasteiger charge is -2.44. The van der Waals surface area contributed by atoms with Crippen LogP contribution in [0, 0.1) is 0 Å². The summed E-state index contributed by atoms with van der Waals surface area (Å²) in [6.45, 7) is 11.5. The number of amides is 1. The normalized spacial score (nSPS) is 28.1. The minimum Gasteiger partial charge on any atom is -0.340 e. The van der Waals surface area contributed by atoms with Crippen molar-refractivity contribution in [3.8, 4) is 0 Å². The van der Waals surface area contributed by atoms with Crippen LogP contribution in [-0.2, 0) is 4.79 Å². The number of carbonyl (C=O) groups excluding carboxylic acids is 1. The van der Waals surface area contributed by atoms with Gasteiger partial charge in [0.15, 0.2) is 0 Å². The van der Waals surface area contributed by atoms with E-state index >= 15 is 0 Å². The third-order valence-electron chi connectivity index (χ3n) is 3.24. The van der Waals surface area contributed by atoms with Gasteiger partial charge in [-0.05, 0) is 26.8 Å². The molecule has 0 aromatic rings. The van der Waals surface area contributed by atoms with Gasteiger partial charge in [0.25, 0.3) is 0 Å². The van der Waals surface area contributed by atoms with Crippen molar-refractivity contribution in [2.45, 2.75) is 52.6 Å². The van der Waals surface area contributed by atoms with Crippen molar-refractivity contribution in [2.24, 2.45) is 0 Å². The maximum absolute atomic E-state index is 11.6. The Morgan fingerprint density at radius 3 is 2.13 bits per heavy atom. The predicted octanol–water partition coefficient (Wildman–Crippen LogP) is 1.73. The highest BCUT2D eigenvalue weighted by Gasteiger charge is 2.30. The minimum atomic E-state index is 0.296. The second-order valence-electron chi connectivity index (χ2n) is 4.59. The van der Waals surface area contributed by atoms with Crippen LogP contribution in [0.25, 0.3) is 0 Å². The first-order valence-electron chi connectivity index (χ1n) is 6.13. The van der Waals surface area contributed by atoms with Crippen molar-refractivity contribution in [1.29, 1.82) is 0 Å². The molecule has 0 radical (unpaired) electrons. The van der Waals surface area contributed by atoms with Gasteiger partial charge in [0.05, 0.1) is 0 Å². The number of nitrogens with zero attached hydrogens (tertiary/aromatic N) is 2. The van der Waals surface area contributed by atoms with E-state index in [1.807, 2.05) is 11.8 Å². The third-order valence-corrected chi connectivity index (χ3v) is 3.24. The fourth-order valence-corrected chi connectivity index (χ4v) is 2.48. The van der Waals surface area contributed by atoms with Crippen LogP contribution in [0.3, 0.4) is 0 Å². The molecule has 0 aliphatic carbocycles. The van der Waals surface area contributed by atoms with E-state index in [1.165, 1.54) is 6.42 Å². The monoisotopic (exact) mass is 212 g/mol. The standard InChI is InChI=1S/C12H24N2O/c1-5-7-14-10(3)8-13(9-11(14)4)12(15)6-2/h10-11H,5-9H2,1-4H3. The minimum absolute atomic E-state index is 0.296. The number of hydrogen-bond acceptors (Lipinski definition) is 2. The quantitative estimate of drug-likeness (QED) is 0.711. The fraction of sp³-hybridized carbons (Fsp3) is 0.917. The van der Waals surface area contributed by atoms with Crippen LogP contribution in [0.5, 0.6) is 0 Å². The lowest BCUT2D eigenvalue weighted by atomic mass is 10.1. The van der Waals surface area contributed by atoms with Gasteiger partial charge in [-0.2, -0.15) is 0 Å². The van der Waals surface area contributed by atoms with Gasteiger partial charge in [-0.1, -0.05) is 13.8 Å². The second kappa shape index (κ2) is 5.50. The molecule has 1 heterocycles. The number of hydrogen-bond donors (Lipinski definition) is 0. The van der Waals surface area contributed by atoms with Crippen LogP contribution >= 0.6 is 0 Å². The van der Waals surface area contributed by atoms with Crippen molar-refractivity contribution >= 4 is 5.91 Å². The Morgan fingerprint density at radius 1 is 1.20 bits per heavy atom. The summed E-state index contributed by atoms with van der Waals surface area (Å²) in [5.41, 5.74) is 0. The van der Waals surface area contributed by atoms with Gasteiger partial charge in [-0.15, -0.1) is 0 Å². The average Bonchev–Trinajstić information content (AvgIpc) is 2.22. The summed E-state index contributed by atoms with van der Waals surface area (Å²) >= 11 is 0. The largest absolute Gasteiger partial charge is 0.340 e. The maximum Gasteiger partial charge on any atom is 0.222 e. The zero-order valence-electron chi connectivity index (χ0n) is 10.5. The summed E-state index contributed by atoms with van der Waals surface area (Å²) < 4.78 is 0. The highest BCUT2D eigenvalue weighted by Crippen LogP contribution is 2.16. The zero-order valence-corrected chi connectivity index (χ0v) is 10.5. The molecule has 1 fully saturated rings. The number of piperazine rings is 1. The van der Waals surface area contributed by atoms with Crippen LogP contribution in [0.2, 0.25) is 0 Å². The molecule has 15 heavy (non-hydrogen) atoms. The Labute approximate surface area is 93.4 Å². The first-order valence-corrected chi connectivity index (χ1v) is 6.13. The molecule has 0 aromatic carbocycles. The molecule has 1 aliphatic heterocycles. The van der Waals surface area contributed by atoms with Crippen LogP contribution in [0.1, 0.15) is 40.5 Å². The highest BCUT2D eigenvalue weighted by molar-refractivity contribution is 5.76. The summed E-state index contributed by atoms with van der Waals surface area (Å²) in [6.07, 6.45) is 1.82. The van der Waals surface area contributed by atoms with Gasteiger partial charge >= 0.3 is 0 Å². The van der Waals surface area contributed by atoms with E-state index in [4.69, 9.17) is 0 Å². The number of carbonyl (C=O) groups is 1. The summed E-state index contributed by atoms with van der Waals surface area (Å²) in [5.74, 6) is 0.296. The first kappa shape index (κ1) is 12.5. The van der Waals surface area contributed by atoms with Crippen molar-refractivity contribution in [1.82, 2.24) is 9.80 Å². The molecule has 1 saturated heterocycles. The zero-order chi connectivity index (χ0) is 11.4. The van der Waals surface area contributed by atoms with E-state index in [0.29, 0.717) is 24.4 Å². The maximum atomic E-state index is 11.6. The number of rotatable bonds is 3. The van der Waals surface area contributed by atoms with Gasteiger partial charge in [0.1, 0.15) is 0 Å². The molecule has 3 heteroatoms. The Balaban J connectivity index is 2.58. The van der Waals surface area contributed by atoms with Crippen LogP contribution in [0.15, 0.2) is 0 Å². The molecule has 1 amide bonds. The molecule has 0 aromatic heterocycles. The Morgan fingerprint density at radius 2 is 1.73 bits per heavy atom. The average molecular weight is 212 g/mol. The van der Waals surface area contributed by atoms with Gasteiger partial charge in [0.2, 0.25) is 5.91 Å². The lowest BCUT2D eigenvalue weighted by Crippen LogP contribution is -2.58. The molecule has 1 aliphatic rings. The molecular weight excluding hydrogens is 188 g/mol. The molecule has 0 spiro atoms. The summed E-state index contributed by atoms with van der Waals surface area (Å²) in [4.78, 5) is 16.2.